The molecule has 0 bridgehead atoms. The lowest BCUT2D eigenvalue weighted by molar-refractivity contribution is 0.548. The predicted molar refractivity (Wildman–Crippen MR) is 74.5 cm³/mol. The second-order valence-electron chi connectivity index (χ2n) is 4.53. The van der Waals surface area contributed by atoms with E-state index < -0.39 is 11.6 Å². The molecule has 0 aliphatic carbocycles. The zero-order chi connectivity index (χ0) is 13.7. The molecule has 0 saturated heterocycles. The molecule has 0 aliphatic heterocycles. The Morgan fingerprint density at radius 3 is 2.16 bits per heavy atom. The van der Waals surface area contributed by atoms with Crippen molar-refractivity contribution in [3.8, 4) is 0 Å². The van der Waals surface area contributed by atoms with Gasteiger partial charge in [-0.25, -0.2) is 8.78 Å². The van der Waals surface area contributed by atoms with Gasteiger partial charge in [0.15, 0.2) is 0 Å². The number of hydrogen-bond acceptors (Lipinski definition) is 0. The lowest BCUT2D eigenvalue weighted by atomic mass is 10.0. The van der Waals surface area contributed by atoms with Gasteiger partial charge in [-0.1, -0.05) is 36.4 Å². The topological polar surface area (TPSA) is 0 Å². The molecule has 2 aromatic carbocycles. The van der Waals surface area contributed by atoms with Gasteiger partial charge in [-0.15, -0.1) is 11.6 Å². The Balaban J connectivity index is 1.93. The molecule has 2 rings (SSSR count). The first-order valence-corrected chi connectivity index (χ1v) is 6.71. The Morgan fingerprint density at radius 2 is 1.53 bits per heavy atom. The molecular weight excluding hydrogens is 266 g/mol. The molecule has 1 unspecified atom stereocenters. The largest absolute Gasteiger partial charge is 0.207 e. The lowest BCUT2D eigenvalue weighted by Gasteiger charge is -2.11. The summed E-state index contributed by atoms with van der Waals surface area (Å²) in [5, 5.41) is -0.272. The summed E-state index contributed by atoms with van der Waals surface area (Å²) in [5.41, 5.74) is 1.26. The average Bonchev–Trinajstić information content (AvgIpc) is 2.42. The SMILES string of the molecule is Fc1cccc(F)c1CC(Cl)CCc1ccccc1. The third-order valence-corrected chi connectivity index (χ3v) is 3.45. The van der Waals surface area contributed by atoms with Crippen molar-refractivity contribution in [1.82, 2.24) is 0 Å². The van der Waals surface area contributed by atoms with Crippen molar-refractivity contribution >= 4 is 11.6 Å². The fraction of sp³-hybridized carbons (Fsp3) is 0.250. The molecule has 0 N–H and O–H groups in total. The molecule has 0 saturated carbocycles. The number of alkyl halides is 1. The summed E-state index contributed by atoms with van der Waals surface area (Å²) in [7, 11) is 0. The van der Waals surface area contributed by atoms with Crippen LogP contribution in [0.4, 0.5) is 8.78 Å². The van der Waals surface area contributed by atoms with E-state index in [1.165, 1.54) is 23.8 Å². The van der Waals surface area contributed by atoms with Crippen LogP contribution in [0.3, 0.4) is 0 Å². The number of halogens is 3. The maximum Gasteiger partial charge on any atom is 0.129 e. The van der Waals surface area contributed by atoms with Crippen LogP contribution in [0.15, 0.2) is 48.5 Å². The Morgan fingerprint density at radius 1 is 0.895 bits per heavy atom. The number of benzene rings is 2. The molecule has 19 heavy (non-hydrogen) atoms. The van der Waals surface area contributed by atoms with E-state index in [1.807, 2.05) is 30.3 Å². The van der Waals surface area contributed by atoms with Crippen molar-refractivity contribution in [3.05, 3.63) is 71.3 Å². The molecule has 0 spiro atoms. The molecule has 0 radical (unpaired) electrons. The molecule has 0 fully saturated rings. The fourth-order valence-electron chi connectivity index (χ4n) is 2.02. The van der Waals surface area contributed by atoms with Crippen molar-refractivity contribution in [2.75, 3.05) is 0 Å². The second kappa shape index (κ2) is 6.67. The van der Waals surface area contributed by atoms with Crippen molar-refractivity contribution in [2.24, 2.45) is 0 Å². The summed E-state index contributed by atoms with van der Waals surface area (Å²) < 4.78 is 27.0. The first kappa shape index (κ1) is 14.0. The molecule has 0 aromatic heterocycles. The van der Waals surface area contributed by atoms with Gasteiger partial charge in [0.2, 0.25) is 0 Å². The fourth-order valence-corrected chi connectivity index (χ4v) is 2.28. The van der Waals surface area contributed by atoms with E-state index in [-0.39, 0.29) is 17.4 Å². The standard InChI is InChI=1S/C16H15ClF2/c17-13(10-9-12-5-2-1-3-6-12)11-14-15(18)7-4-8-16(14)19/h1-8,13H,9-11H2. The first-order valence-electron chi connectivity index (χ1n) is 6.27. The predicted octanol–water partition coefficient (Wildman–Crippen LogP) is 4.75. The van der Waals surface area contributed by atoms with E-state index in [0.29, 0.717) is 6.42 Å². The van der Waals surface area contributed by atoms with Crippen LogP contribution in [0.2, 0.25) is 0 Å². The van der Waals surface area contributed by atoms with Crippen LogP contribution >= 0.6 is 11.6 Å². The quantitative estimate of drug-likeness (QED) is 0.694. The van der Waals surface area contributed by atoms with Gasteiger partial charge in [0.25, 0.3) is 0 Å². The monoisotopic (exact) mass is 280 g/mol. The van der Waals surface area contributed by atoms with Crippen molar-refractivity contribution in [2.45, 2.75) is 24.6 Å². The highest BCUT2D eigenvalue weighted by Gasteiger charge is 2.13. The van der Waals surface area contributed by atoms with Gasteiger partial charge in [-0.05, 0) is 37.0 Å². The van der Waals surface area contributed by atoms with Gasteiger partial charge >= 0.3 is 0 Å². The molecule has 2 aromatic rings. The molecular formula is C16H15ClF2. The highest BCUT2D eigenvalue weighted by molar-refractivity contribution is 6.20. The highest BCUT2D eigenvalue weighted by Crippen LogP contribution is 2.19. The maximum atomic E-state index is 13.5. The summed E-state index contributed by atoms with van der Waals surface area (Å²) >= 11 is 6.18. The molecule has 3 heteroatoms. The minimum absolute atomic E-state index is 0.0792. The number of hydrogen-bond donors (Lipinski definition) is 0. The Kier molecular flexibility index (Phi) is 4.92. The Labute approximate surface area is 117 Å². The van der Waals surface area contributed by atoms with E-state index in [2.05, 4.69) is 0 Å². The van der Waals surface area contributed by atoms with Crippen LogP contribution < -0.4 is 0 Å². The van der Waals surface area contributed by atoms with Gasteiger partial charge in [-0.3, -0.25) is 0 Å². The van der Waals surface area contributed by atoms with Gasteiger partial charge in [0.05, 0.1) is 0 Å². The van der Waals surface area contributed by atoms with Gasteiger partial charge in [0, 0.05) is 10.9 Å². The summed E-state index contributed by atoms with van der Waals surface area (Å²) in [6.07, 6.45) is 1.72. The molecule has 0 nitrogen and oxygen atoms in total. The average molecular weight is 281 g/mol. The molecule has 100 valence electrons. The van der Waals surface area contributed by atoms with E-state index in [9.17, 15) is 8.78 Å². The summed E-state index contributed by atoms with van der Waals surface area (Å²) in [6, 6.07) is 13.8. The van der Waals surface area contributed by atoms with Gasteiger partial charge < -0.3 is 0 Å². The first-order chi connectivity index (χ1) is 9.16. The van der Waals surface area contributed by atoms with Crippen LogP contribution in [-0.2, 0) is 12.8 Å². The van der Waals surface area contributed by atoms with Crippen molar-refractivity contribution < 1.29 is 8.78 Å². The normalized spacial score (nSPS) is 12.4. The molecule has 1 atom stereocenters. The number of rotatable bonds is 5. The third-order valence-electron chi connectivity index (χ3n) is 3.08. The van der Waals surface area contributed by atoms with Crippen LogP contribution in [0.5, 0.6) is 0 Å². The zero-order valence-corrected chi connectivity index (χ0v) is 11.2. The minimum Gasteiger partial charge on any atom is -0.207 e. The Hall–Kier alpha value is -1.41. The summed E-state index contributed by atoms with van der Waals surface area (Å²) in [5.74, 6) is -1.05. The van der Waals surface area contributed by atoms with E-state index in [1.54, 1.807) is 0 Å². The van der Waals surface area contributed by atoms with Gasteiger partial charge in [-0.2, -0.15) is 0 Å². The summed E-state index contributed by atoms with van der Waals surface area (Å²) in [6.45, 7) is 0. The molecule has 0 aliphatic rings. The highest BCUT2D eigenvalue weighted by atomic mass is 35.5. The van der Waals surface area contributed by atoms with Crippen LogP contribution in [0.1, 0.15) is 17.5 Å². The van der Waals surface area contributed by atoms with Gasteiger partial charge in [0.1, 0.15) is 11.6 Å². The smallest absolute Gasteiger partial charge is 0.129 e. The molecule has 0 heterocycles. The second-order valence-corrected chi connectivity index (χ2v) is 5.14. The van der Waals surface area contributed by atoms with E-state index >= 15 is 0 Å². The molecule has 0 amide bonds. The van der Waals surface area contributed by atoms with Crippen LogP contribution in [-0.4, -0.2) is 5.38 Å². The van der Waals surface area contributed by atoms with Crippen molar-refractivity contribution in [3.63, 3.8) is 0 Å². The third kappa shape index (κ3) is 4.03. The number of aryl methyl sites for hydroxylation is 1. The van der Waals surface area contributed by atoms with Crippen molar-refractivity contribution in [1.29, 1.82) is 0 Å². The van der Waals surface area contributed by atoms with Crippen LogP contribution in [0.25, 0.3) is 0 Å². The van der Waals surface area contributed by atoms with E-state index in [4.69, 9.17) is 11.6 Å². The maximum absolute atomic E-state index is 13.5. The van der Waals surface area contributed by atoms with E-state index in [0.717, 1.165) is 6.42 Å². The summed E-state index contributed by atoms with van der Waals surface area (Å²) in [4.78, 5) is 0. The minimum atomic E-state index is -0.523. The Bertz CT molecular complexity index is 505. The zero-order valence-electron chi connectivity index (χ0n) is 10.5. The van der Waals surface area contributed by atoms with Crippen LogP contribution in [0, 0.1) is 11.6 Å². The lowest BCUT2D eigenvalue weighted by Crippen LogP contribution is -2.08.